The van der Waals surface area contributed by atoms with Crippen LogP contribution in [0.1, 0.15) is 18.4 Å². The van der Waals surface area contributed by atoms with Crippen molar-refractivity contribution in [2.75, 3.05) is 18.4 Å². The average molecular weight is 348 g/mol. The van der Waals surface area contributed by atoms with E-state index in [4.69, 9.17) is 0 Å². The summed E-state index contributed by atoms with van der Waals surface area (Å²) < 4.78 is 1.55. The molecule has 0 spiro atoms. The van der Waals surface area contributed by atoms with Crippen LogP contribution in [0.4, 0.5) is 5.69 Å². The van der Waals surface area contributed by atoms with Crippen molar-refractivity contribution in [2.45, 2.75) is 18.3 Å². The van der Waals surface area contributed by atoms with Crippen LogP contribution in [0.25, 0.3) is 5.95 Å². The quantitative estimate of drug-likeness (QED) is 0.752. The molecule has 0 unspecified atom stereocenters. The van der Waals surface area contributed by atoms with Gasteiger partial charge >= 0.3 is 0 Å². The van der Waals surface area contributed by atoms with Gasteiger partial charge in [0, 0.05) is 12.4 Å². The van der Waals surface area contributed by atoms with Crippen molar-refractivity contribution in [1.29, 1.82) is 0 Å². The van der Waals surface area contributed by atoms with Gasteiger partial charge in [-0.15, -0.1) is 0 Å². The standard InChI is InChI=1S/C19H20N6O/c26-17(19(7-11-20-12-8-19)15-5-2-1-3-6-15)24-16-13-23-25(14-16)18-21-9-4-10-22-18/h1-6,9-10,13-14,20H,7-8,11-12H2,(H,24,26). The van der Waals surface area contributed by atoms with Crippen molar-refractivity contribution in [3.05, 3.63) is 66.7 Å². The van der Waals surface area contributed by atoms with E-state index < -0.39 is 5.41 Å². The third-order valence-electron chi connectivity index (χ3n) is 4.82. The van der Waals surface area contributed by atoms with Crippen LogP contribution in [0.5, 0.6) is 0 Å². The second-order valence-electron chi connectivity index (χ2n) is 6.37. The molecule has 2 aromatic heterocycles. The van der Waals surface area contributed by atoms with Gasteiger partial charge in [0.15, 0.2) is 0 Å². The zero-order chi connectivity index (χ0) is 17.8. The molecule has 1 fully saturated rings. The molecule has 1 aliphatic rings. The maximum Gasteiger partial charge on any atom is 0.250 e. The van der Waals surface area contributed by atoms with Gasteiger partial charge in [0.2, 0.25) is 11.9 Å². The van der Waals surface area contributed by atoms with Crippen molar-refractivity contribution in [2.24, 2.45) is 0 Å². The average Bonchev–Trinajstić information content (AvgIpc) is 3.18. The highest BCUT2D eigenvalue weighted by molar-refractivity contribution is 5.99. The molecule has 3 heterocycles. The molecule has 3 aromatic rings. The Morgan fingerprint density at radius 1 is 1.08 bits per heavy atom. The van der Waals surface area contributed by atoms with E-state index in [9.17, 15) is 4.79 Å². The van der Waals surface area contributed by atoms with Crippen LogP contribution in [0, 0.1) is 0 Å². The van der Waals surface area contributed by atoms with Crippen LogP contribution in [0.3, 0.4) is 0 Å². The second-order valence-corrected chi connectivity index (χ2v) is 6.37. The number of nitrogens with one attached hydrogen (secondary N) is 2. The lowest BCUT2D eigenvalue weighted by Crippen LogP contribution is -2.48. The minimum absolute atomic E-state index is 0.00118. The summed E-state index contributed by atoms with van der Waals surface area (Å²) in [6.45, 7) is 1.64. The Balaban J connectivity index is 1.59. The molecule has 0 saturated carbocycles. The van der Waals surface area contributed by atoms with Gasteiger partial charge in [0.25, 0.3) is 0 Å². The SMILES string of the molecule is O=C(Nc1cnn(-c2ncccn2)c1)C1(c2ccccc2)CCNCC1. The Morgan fingerprint density at radius 2 is 1.81 bits per heavy atom. The summed E-state index contributed by atoms with van der Waals surface area (Å²) in [4.78, 5) is 21.6. The lowest BCUT2D eigenvalue weighted by molar-refractivity contribution is -0.122. The summed E-state index contributed by atoms with van der Waals surface area (Å²) >= 11 is 0. The second kappa shape index (κ2) is 7.05. The molecule has 1 saturated heterocycles. The smallest absolute Gasteiger partial charge is 0.250 e. The van der Waals surface area contributed by atoms with Crippen molar-refractivity contribution < 1.29 is 4.79 Å². The fourth-order valence-corrected chi connectivity index (χ4v) is 3.41. The number of carbonyl (C=O) groups is 1. The van der Waals surface area contributed by atoms with Crippen molar-refractivity contribution in [1.82, 2.24) is 25.1 Å². The van der Waals surface area contributed by atoms with E-state index in [1.165, 1.54) is 0 Å². The highest BCUT2D eigenvalue weighted by Crippen LogP contribution is 2.34. The molecular weight excluding hydrogens is 328 g/mol. The van der Waals surface area contributed by atoms with Crippen molar-refractivity contribution in [3.8, 4) is 5.95 Å². The zero-order valence-corrected chi connectivity index (χ0v) is 14.3. The number of nitrogens with zero attached hydrogens (tertiary/aromatic N) is 4. The van der Waals surface area contributed by atoms with Crippen LogP contribution >= 0.6 is 0 Å². The van der Waals surface area contributed by atoms with Crippen LogP contribution in [-0.4, -0.2) is 38.7 Å². The molecule has 132 valence electrons. The summed E-state index contributed by atoms with van der Waals surface area (Å²) in [7, 11) is 0. The predicted octanol–water partition coefficient (Wildman–Crippen LogP) is 1.92. The predicted molar refractivity (Wildman–Crippen MR) is 98.0 cm³/mol. The molecule has 0 bridgehead atoms. The molecular formula is C19H20N6O. The topological polar surface area (TPSA) is 84.7 Å². The van der Waals surface area contributed by atoms with Crippen LogP contribution in [0.15, 0.2) is 61.2 Å². The van der Waals surface area contributed by atoms with Gasteiger partial charge in [-0.1, -0.05) is 30.3 Å². The molecule has 0 aliphatic carbocycles. The van der Waals surface area contributed by atoms with E-state index in [0.29, 0.717) is 11.6 Å². The number of anilines is 1. The molecule has 7 heteroatoms. The molecule has 1 aliphatic heterocycles. The summed E-state index contributed by atoms with van der Waals surface area (Å²) in [6, 6.07) is 11.8. The molecule has 7 nitrogen and oxygen atoms in total. The Bertz CT molecular complexity index is 871. The number of carbonyl (C=O) groups excluding carboxylic acids is 1. The van der Waals surface area contributed by atoms with E-state index in [2.05, 4.69) is 25.7 Å². The van der Waals surface area contributed by atoms with Crippen LogP contribution in [0.2, 0.25) is 0 Å². The number of rotatable bonds is 4. The summed E-state index contributed by atoms with van der Waals surface area (Å²) in [6.07, 6.45) is 8.18. The Hall–Kier alpha value is -3.06. The van der Waals surface area contributed by atoms with Gasteiger partial charge in [0.05, 0.1) is 23.5 Å². The maximum atomic E-state index is 13.2. The number of hydrogen-bond donors (Lipinski definition) is 2. The monoisotopic (exact) mass is 348 g/mol. The lowest BCUT2D eigenvalue weighted by Gasteiger charge is -2.36. The van der Waals surface area contributed by atoms with E-state index >= 15 is 0 Å². The Morgan fingerprint density at radius 3 is 2.54 bits per heavy atom. The van der Waals surface area contributed by atoms with E-state index in [-0.39, 0.29) is 5.91 Å². The van der Waals surface area contributed by atoms with Gasteiger partial charge in [-0.05, 0) is 37.6 Å². The largest absolute Gasteiger partial charge is 0.323 e. The summed E-state index contributed by atoms with van der Waals surface area (Å²) in [5, 5.41) is 10.6. The first-order valence-corrected chi connectivity index (χ1v) is 8.68. The minimum Gasteiger partial charge on any atom is -0.323 e. The number of amides is 1. The first-order chi connectivity index (χ1) is 12.8. The van der Waals surface area contributed by atoms with E-state index in [1.54, 1.807) is 35.5 Å². The molecule has 4 rings (SSSR count). The van der Waals surface area contributed by atoms with Crippen LogP contribution < -0.4 is 10.6 Å². The van der Waals surface area contributed by atoms with Gasteiger partial charge in [0.1, 0.15) is 0 Å². The Kier molecular flexibility index (Phi) is 4.45. The molecule has 2 N–H and O–H groups in total. The first-order valence-electron chi connectivity index (χ1n) is 8.68. The molecule has 0 atom stereocenters. The van der Waals surface area contributed by atoms with Gasteiger partial charge in [-0.3, -0.25) is 4.79 Å². The molecule has 26 heavy (non-hydrogen) atoms. The molecule has 1 aromatic carbocycles. The highest BCUT2D eigenvalue weighted by atomic mass is 16.2. The number of benzene rings is 1. The fraction of sp³-hybridized carbons (Fsp3) is 0.263. The van der Waals surface area contributed by atoms with E-state index in [1.807, 2.05) is 30.3 Å². The van der Waals surface area contributed by atoms with Gasteiger partial charge in [-0.2, -0.15) is 5.10 Å². The van der Waals surface area contributed by atoms with Gasteiger partial charge < -0.3 is 10.6 Å². The summed E-state index contributed by atoms with van der Waals surface area (Å²) in [5.74, 6) is 0.464. The third-order valence-corrected chi connectivity index (χ3v) is 4.82. The lowest BCUT2D eigenvalue weighted by atomic mass is 9.72. The maximum absolute atomic E-state index is 13.2. The first kappa shape index (κ1) is 16.4. The third kappa shape index (κ3) is 3.09. The normalized spacial score (nSPS) is 16.2. The van der Waals surface area contributed by atoms with Crippen LogP contribution in [-0.2, 0) is 10.2 Å². The number of piperidine rings is 1. The van der Waals surface area contributed by atoms with Gasteiger partial charge in [-0.25, -0.2) is 14.6 Å². The van der Waals surface area contributed by atoms with Crippen molar-refractivity contribution >= 4 is 11.6 Å². The number of hydrogen-bond acceptors (Lipinski definition) is 5. The van der Waals surface area contributed by atoms with Crippen molar-refractivity contribution in [3.63, 3.8) is 0 Å². The van der Waals surface area contributed by atoms with E-state index in [0.717, 1.165) is 31.5 Å². The highest BCUT2D eigenvalue weighted by Gasteiger charge is 2.41. The molecule has 0 radical (unpaired) electrons. The summed E-state index contributed by atoms with van der Waals surface area (Å²) in [5.41, 5.74) is 1.16. The fourth-order valence-electron chi connectivity index (χ4n) is 3.41. The Labute approximate surface area is 151 Å². The minimum atomic E-state index is -0.530. The zero-order valence-electron chi connectivity index (χ0n) is 14.3. The number of aromatic nitrogens is 4. The molecule has 1 amide bonds.